The summed E-state index contributed by atoms with van der Waals surface area (Å²) in [6.07, 6.45) is 3.31. The number of hydrogen-bond acceptors (Lipinski definition) is 4. The van der Waals surface area contributed by atoms with E-state index < -0.39 is 5.97 Å². The summed E-state index contributed by atoms with van der Waals surface area (Å²) in [6, 6.07) is 6.76. The molecular weight excluding hydrogens is 286 g/mol. The van der Waals surface area contributed by atoms with Crippen LogP contribution >= 0.6 is 0 Å². The van der Waals surface area contributed by atoms with E-state index in [1.165, 1.54) is 0 Å². The molecule has 1 aromatic rings. The number of carboxylic acids is 1. The van der Waals surface area contributed by atoms with Crippen LogP contribution in [0.4, 0.5) is 5.69 Å². The number of hydrogen-bond donors (Lipinski definition) is 1. The zero-order valence-electron chi connectivity index (χ0n) is 12.9. The molecule has 1 N–H and O–H groups in total. The van der Waals surface area contributed by atoms with Crippen molar-refractivity contribution in [3.8, 4) is 5.75 Å². The predicted molar refractivity (Wildman–Crippen MR) is 81.2 cm³/mol. The van der Waals surface area contributed by atoms with Crippen LogP contribution in [0.25, 0.3) is 0 Å². The summed E-state index contributed by atoms with van der Waals surface area (Å²) in [5.74, 6) is -0.568. The summed E-state index contributed by atoms with van der Waals surface area (Å²) in [4.78, 5) is 24.4. The SMILES string of the molecule is COC1(CC(=O)N(C)c2ccc(OCC(=O)O)cc2)CCC1. The minimum atomic E-state index is -1.03. The molecule has 1 fully saturated rings. The third-order valence-corrected chi connectivity index (χ3v) is 4.13. The second-order valence-electron chi connectivity index (χ2n) is 5.55. The number of ether oxygens (including phenoxy) is 2. The van der Waals surface area contributed by atoms with Gasteiger partial charge in [-0.1, -0.05) is 0 Å². The van der Waals surface area contributed by atoms with Gasteiger partial charge >= 0.3 is 5.97 Å². The molecule has 1 aliphatic carbocycles. The second-order valence-corrected chi connectivity index (χ2v) is 5.55. The zero-order valence-corrected chi connectivity index (χ0v) is 12.9. The fourth-order valence-corrected chi connectivity index (χ4v) is 2.47. The van der Waals surface area contributed by atoms with Gasteiger partial charge in [0.2, 0.25) is 5.91 Å². The lowest BCUT2D eigenvalue weighted by molar-refractivity contribution is -0.139. The summed E-state index contributed by atoms with van der Waals surface area (Å²) in [6.45, 7) is -0.384. The summed E-state index contributed by atoms with van der Waals surface area (Å²) >= 11 is 0. The molecule has 22 heavy (non-hydrogen) atoms. The number of methoxy groups -OCH3 is 1. The van der Waals surface area contributed by atoms with E-state index >= 15 is 0 Å². The molecule has 1 aromatic carbocycles. The van der Waals surface area contributed by atoms with Crippen LogP contribution in [-0.4, -0.2) is 43.3 Å². The van der Waals surface area contributed by atoms with Gasteiger partial charge in [0.15, 0.2) is 6.61 Å². The molecule has 0 aliphatic heterocycles. The molecule has 0 aromatic heterocycles. The van der Waals surface area contributed by atoms with Crippen molar-refractivity contribution in [3.63, 3.8) is 0 Å². The number of carbonyl (C=O) groups excluding carboxylic acids is 1. The van der Waals surface area contributed by atoms with Crippen LogP contribution in [0, 0.1) is 0 Å². The van der Waals surface area contributed by atoms with Crippen molar-refractivity contribution in [1.82, 2.24) is 0 Å². The first-order valence-corrected chi connectivity index (χ1v) is 7.22. The smallest absolute Gasteiger partial charge is 0.341 e. The number of amides is 1. The van der Waals surface area contributed by atoms with Crippen molar-refractivity contribution in [2.45, 2.75) is 31.3 Å². The molecule has 0 saturated heterocycles. The molecule has 0 atom stereocenters. The van der Waals surface area contributed by atoms with Gasteiger partial charge in [-0.2, -0.15) is 0 Å². The molecule has 0 bridgehead atoms. The Labute approximate surface area is 129 Å². The van der Waals surface area contributed by atoms with E-state index in [0.717, 1.165) is 24.9 Å². The van der Waals surface area contributed by atoms with Gasteiger partial charge in [0.1, 0.15) is 5.75 Å². The van der Waals surface area contributed by atoms with Gasteiger partial charge in [0.25, 0.3) is 0 Å². The van der Waals surface area contributed by atoms with Crippen molar-refractivity contribution in [2.75, 3.05) is 25.7 Å². The van der Waals surface area contributed by atoms with Crippen LogP contribution in [0.1, 0.15) is 25.7 Å². The van der Waals surface area contributed by atoms with E-state index in [9.17, 15) is 9.59 Å². The number of benzene rings is 1. The Kier molecular flexibility index (Phi) is 5.03. The quantitative estimate of drug-likeness (QED) is 0.834. The molecule has 6 heteroatoms. The fraction of sp³-hybridized carbons (Fsp3) is 0.500. The lowest BCUT2D eigenvalue weighted by Gasteiger charge is -2.40. The molecule has 1 aliphatic rings. The highest BCUT2D eigenvalue weighted by atomic mass is 16.5. The van der Waals surface area contributed by atoms with Crippen LogP contribution in [0.2, 0.25) is 0 Å². The maximum Gasteiger partial charge on any atom is 0.341 e. The first-order chi connectivity index (χ1) is 10.5. The number of anilines is 1. The van der Waals surface area contributed by atoms with Gasteiger partial charge in [0, 0.05) is 19.8 Å². The molecule has 1 saturated carbocycles. The number of carbonyl (C=O) groups is 2. The molecule has 0 unspecified atom stereocenters. The van der Waals surface area contributed by atoms with E-state index in [1.54, 1.807) is 43.3 Å². The van der Waals surface area contributed by atoms with Crippen LogP contribution in [0.5, 0.6) is 5.75 Å². The van der Waals surface area contributed by atoms with Gasteiger partial charge in [-0.3, -0.25) is 4.79 Å². The predicted octanol–water partition coefficient (Wildman–Crippen LogP) is 2.07. The average molecular weight is 307 g/mol. The highest BCUT2D eigenvalue weighted by molar-refractivity contribution is 5.93. The molecule has 2 rings (SSSR count). The minimum absolute atomic E-state index is 0.000698. The zero-order chi connectivity index (χ0) is 16.2. The van der Waals surface area contributed by atoms with Crippen molar-refractivity contribution in [1.29, 1.82) is 0 Å². The summed E-state index contributed by atoms with van der Waals surface area (Å²) < 4.78 is 10.5. The normalized spacial score (nSPS) is 15.7. The standard InChI is InChI=1S/C16H21NO5/c1-17(14(18)10-16(21-2)8-3-9-16)12-4-6-13(7-5-12)22-11-15(19)20/h4-7H,3,8-11H2,1-2H3,(H,19,20). The fourth-order valence-electron chi connectivity index (χ4n) is 2.47. The largest absolute Gasteiger partial charge is 0.482 e. The molecule has 1 amide bonds. The number of nitrogens with zero attached hydrogens (tertiary/aromatic N) is 1. The van der Waals surface area contributed by atoms with Crippen molar-refractivity contribution >= 4 is 17.6 Å². The van der Waals surface area contributed by atoms with Crippen molar-refractivity contribution in [3.05, 3.63) is 24.3 Å². The highest BCUT2D eigenvalue weighted by Crippen LogP contribution is 2.38. The van der Waals surface area contributed by atoms with Crippen LogP contribution < -0.4 is 9.64 Å². The van der Waals surface area contributed by atoms with E-state index in [1.807, 2.05) is 0 Å². The topological polar surface area (TPSA) is 76.1 Å². The molecule has 120 valence electrons. The molecule has 0 heterocycles. The second kappa shape index (κ2) is 6.79. The van der Waals surface area contributed by atoms with Gasteiger partial charge in [-0.15, -0.1) is 0 Å². The Bertz CT molecular complexity index is 530. The Balaban J connectivity index is 1.95. The van der Waals surface area contributed by atoms with Crippen LogP contribution in [-0.2, 0) is 14.3 Å². The Hall–Kier alpha value is -2.08. The third-order valence-electron chi connectivity index (χ3n) is 4.13. The minimum Gasteiger partial charge on any atom is -0.482 e. The van der Waals surface area contributed by atoms with E-state index in [-0.39, 0.29) is 18.1 Å². The Morgan fingerprint density at radius 1 is 1.27 bits per heavy atom. The van der Waals surface area contributed by atoms with Gasteiger partial charge in [-0.25, -0.2) is 4.79 Å². The first kappa shape index (κ1) is 16.3. The average Bonchev–Trinajstić information content (AvgIpc) is 2.48. The van der Waals surface area contributed by atoms with E-state index in [0.29, 0.717) is 12.2 Å². The van der Waals surface area contributed by atoms with Crippen molar-refractivity contribution < 1.29 is 24.2 Å². The van der Waals surface area contributed by atoms with E-state index in [4.69, 9.17) is 14.6 Å². The summed E-state index contributed by atoms with van der Waals surface area (Å²) in [5, 5.41) is 8.56. The lowest BCUT2D eigenvalue weighted by Crippen LogP contribution is -2.44. The monoisotopic (exact) mass is 307 g/mol. The molecule has 0 spiro atoms. The summed E-state index contributed by atoms with van der Waals surface area (Å²) in [7, 11) is 3.37. The number of rotatable bonds is 7. The van der Waals surface area contributed by atoms with Crippen LogP contribution in [0.15, 0.2) is 24.3 Å². The highest BCUT2D eigenvalue weighted by Gasteiger charge is 2.39. The first-order valence-electron chi connectivity index (χ1n) is 7.22. The maximum absolute atomic E-state index is 12.3. The van der Waals surface area contributed by atoms with Gasteiger partial charge in [-0.05, 0) is 43.5 Å². The Morgan fingerprint density at radius 2 is 1.91 bits per heavy atom. The van der Waals surface area contributed by atoms with Gasteiger partial charge in [0.05, 0.1) is 12.0 Å². The van der Waals surface area contributed by atoms with Crippen LogP contribution in [0.3, 0.4) is 0 Å². The summed E-state index contributed by atoms with van der Waals surface area (Å²) in [5.41, 5.74) is 0.439. The number of aliphatic carboxylic acids is 1. The third kappa shape index (κ3) is 3.76. The molecule has 6 nitrogen and oxygen atoms in total. The molecule has 0 radical (unpaired) electrons. The van der Waals surface area contributed by atoms with Gasteiger partial charge < -0.3 is 19.5 Å². The van der Waals surface area contributed by atoms with E-state index in [2.05, 4.69) is 0 Å². The molecular formula is C16H21NO5. The number of carboxylic acid groups (broad SMARTS) is 1. The maximum atomic E-state index is 12.3. The van der Waals surface area contributed by atoms with Crippen molar-refractivity contribution in [2.24, 2.45) is 0 Å². The Morgan fingerprint density at radius 3 is 2.36 bits per heavy atom. The lowest BCUT2D eigenvalue weighted by atomic mass is 9.77.